The highest BCUT2D eigenvalue weighted by atomic mass is 16.5. The zero-order valence-corrected chi connectivity index (χ0v) is 19.5. The van der Waals surface area contributed by atoms with Gasteiger partial charge in [-0.3, -0.25) is 19.2 Å². The minimum atomic E-state index is -1.28. The van der Waals surface area contributed by atoms with Crippen LogP contribution in [0.1, 0.15) is 53.9 Å². The Labute approximate surface area is 188 Å². The van der Waals surface area contributed by atoms with E-state index in [4.69, 9.17) is 9.47 Å². The number of carbonyl (C=O) groups excluding carboxylic acids is 3. The van der Waals surface area contributed by atoms with Crippen LogP contribution in [-0.4, -0.2) is 78.8 Å². The van der Waals surface area contributed by atoms with Crippen LogP contribution >= 0.6 is 0 Å². The van der Waals surface area contributed by atoms with E-state index >= 15 is 0 Å². The van der Waals surface area contributed by atoms with Gasteiger partial charge in [-0.2, -0.15) is 0 Å². The van der Waals surface area contributed by atoms with Crippen molar-refractivity contribution < 1.29 is 43.7 Å². The molecule has 0 rings (SSSR count). The van der Waals surface area contributed by atoms with Gasteiger partial charge >= 0.3 is 11.9 Å². The minimum Gasteiger partial charge on any atom is -0.481 e. The van der Waals surface area contributed by atoms with E-state index in [-0.39, 0.29) is 58.0 Å². The normalized spacial score (nSPS) is 12.7. The van der Waals surface area contributed by atoms with E-state index in [1.165, 1.54) is 20.8 Å². The molecule has 11 heteroatoms. The average Bonchev–Trinajstić information content (AvgIpc) is 2.65. The van der Waals surface area contributed by atoms with E-state index in [1.54, 1.807) is 13.8 Å². The lowest BCUT2D eigenvalue weighted by Crippen LogP contribution is -2.48. The molecule has 11 nitrogen and oxygen atoms in total. The molecule has 1 atom stereocenters. The Kier molecular flexibility index (Phi) is 12.7. The molecule has 0 fully saturated rings. The fraction of sp³-hybridized carbons (Fsp3) is 0.762. The van der Waals surface area contributed by atoms with Gasteiger partial charge in [-0.1, -0.05) is 13.8 Å². The van der Waals surface area contributed by atoms with Gasteiger partial charge < -0.3 is 30.3 Å². The number of hydrogen-bond acceptors (Lipinski definition) is 7. The van der Waals surface area contributed by atoms with E-state index in [0.29, 0.717) is 0 Å². The number of carboxylic acid groups (broad SMARTS) is 2. The van der Waals surface area contributed by atoms with Gasteiger partial charge in [0.15, 0.2) is 5.78 Å². The molecule has 0 aromatic heterocycles. The van der Waals surface area contributed by atoms with Crippen LogP contribution in [0, 0.1) is 10.8 Å². The van der Waals surface area contributed by atoms with Crippen molar-refractivity contribution in [1.29, 1.82) is 0 Å². The van der Waals surface area contributed by atoms with Crippen molar-refractivity contribution in [1.82, 2.24) is 10.6 Å². The number of Topliss-reactive ketones (excluding diaryl/α,β-unsaturated/α-hetero) is 1. The highest BCUT2D eigenvalue weighted by Crippen LogP contribution is 2.34. The molecule has 0 aromatic carbocycles. The van der Waals surface area contributed by atoms with Crippen LogP contribution < -0.4 is 10.6 Å². The van der Waals surface area contributed by atoms with Gasteiger partial charge in [-0.05, 0) is 33.6 Å². The summed E-state index contributed by atoms with van der Waals surface area (Å²) >= 11 is 0. The van der Waals surface area contributed by atoms with Crippen molar-refractivity contribution in [3.63, 3.8) is 0 Å². The molecule has 2 amide bonds. The second kappa shape index (κ2) is 13.8. The van der Waals surface area contributed by atoms with Crippen LogP contribution in [0.5, 0.6) is 0 Å². The highest BCUT2D eigenvalue weighted by Gasteiger charge is 2.40. The average molecular weight is 461 g/mol. The zero-order chi connectivity index (χ0) is 24.9. The maximum atomic E-state index is 12.6. The molecule has 0 heterocycles. The number of ether oxygens (including phenoxy) is 2. The van der Waals surface area contributed by atoms with Crippen molar-refractivity contribution in [3.05, 3.63) is 0 Å². The SMILES string of the molecule is CC(=O)COCCOCCNC(=O)CCC(NC(=O)C(C)(C)CC(C)(C)C(=O)O)C(=O)O. The molecular formula is C21H36N2O9. The number of ketones is 1. The number of aliphatic carboxylic acids is 2. The van der Waals surface area contributed by atoms with Crippen LogP contribution in [0.15, 0.2) is 0 Å². The lowest BCUT2D eigenvalue weighted by Gasteiger charge is -2.32. The zero-order valence-electron chi connectivity index (χ0n) is 19.5. The monoisotopic (exact) mass is 460 g/mol. The Morgan fingerprint density at radius 3 is 2.03 bits per heavy atom. The van der Waals surface area contributed by atoms with Crippen LogP contribution in [0.4, 0.5) is 0 Å². The summed E-state index contributed by atoms with van der Waals surface area (Å²) < 4.78 is 10.3. The summed E-state index contributed by atoms with van der Waals surface area (Å²) in [5, 5.41) is 23.6. The number of carbonyl (C=O) groups is 5. The third-order valence-electron chi connectivity index (χ3n) is 4.59. The Balaban J connectivity index is 4.39. The maximum Gasteiger partial charge on any atom is 0.326 e. The highest BCUT2D eigenvalue weighted by molar-refractivity contribution is 5.88. The Bertz CT molecular complexity index is 674. The second-order valence-corrected chi connectivity index (χ2v) is 8.87. The molecule has 0 saturated carbocycles. The quantitative estimate of drug-likeness (QED) is 0.227. The lowest BCUT2D eigenvalue weighted by atomic mass is 9.74. The van der Waals surface area contributed by atoms with Gasteiger partial charge in [0.25, 0.3) is 0 Å². The predicted octanol–water partition coefficient (Wildman–Crippen LogP) is 0.602. The maximum absolute atomic E-state index is 12.6. The second-order valence-electron chi connectivity index (χ2n) is 8.87. The van der Waals surface area contributed by atoms with Gasteiger partial charge in [0.05, 0.1) is 25.2 Å². The van der Waals surface area contributed by atoms with Gasteiger partial charge in [0.2, 0.25) is 11.8 Å². The Morgan fingerprint density at radius 1 is 0.906 bits per heavy atom. The van der Waals surface area contributed by atoms with Crippen molar-refractivity contribution in [2.24, 2.45) is 10.8 Å². The van der Waals surface area contributed by atoms with E-state index < -0.39 is 40.6 Å². The third kappa shape index (κ3) is 12.4. The number of carboxylic acids is 2. The largest absolute Gasteiger partial charge is 0.481 e. The molecule has 32 heavy (non-hydrogen) atoms. The topological polar surface area (TPSA) is 168 Å². The first-order valence-electron chi connectivity index (χ1n) is 10.4. The molecular weight excluding hydrogens is 424 g/mol. The summed E-state index contributed by atoms with van der Waals surface area (Å²) in [7, 11) is 0. The summed E-state index contributed by atoms with van der Waals surface area (Å²) in [6.07, 6.45) is -0.237. The molecule has 0 radical (unpaired) electrons. The molecule has 0 aromatic rings. The van der Waals surface area contributed by atoms with E-state index in [2.05, 4.69) is 10.6 Å². The first kappa shape index (κ1) is 29.5. The summed E-state index contributed by atoms with van der Waals surface area (Å²) in [6, 6.07) is -1.28. The van der Waals surface area contributed by atoms with Crippen molar-refractivity contribution >= 4 is 29.5 Å². The fourth-order valence-electron chi connectivity index (χ4n) is 2.93. The number of rotatable bonds is 17. The van der Waals surface area contributed by atoms with Gasteiger partial charge in [-0.25, -0.2) is 4.79 Å². The first-order valence-corrected chi connectivity index (χ1v) is 10.4. The Hall–Kier alpha value is -2.53. The van der Waals surface area contributed by atoms with Gasteiger partial charge in [0.1, 0.15) is 12.6 Å². The smallest absolute Gasteiger partial charge is 0.326 e. The molecule has 184 valence electrons. The summed E-state index contributed by atoms with van der Waals surface area (Å²) in [5.74, 6) is -3.42. The molecule has 0 bridgehead atoms. The lowest BCUT2D eigenvalue weighted by molar-refractivity contribution is -0.151. The summed E-state index contributed by atoms with van der Waals surface area (Å²) in [4.78, 5) is 58.0. The third-order valence-corrected chi connectivity index (χ3v) is 4.59. The molecule has 4 N–H and O–H groups in total. The molecule has 0 aliphatic carbocycles. The number of hydrogen-bond donors (Lipinski definition) is 4. The molecule has 0 spiro atoms. The van der Waals surface area contributed by atoms with Crippen LogP contribution in [0.2, 0.25) is 0 Å². The van der Waals surface area contributed by atoms with Crippen molar-refractivity contribution in [3.8, 4) is 0 Å². The van der Waals surface area contributed by atoms with E-state index in [0.717, 1.165) is 0 Å². The molecule has 1 unspecified atom stereocenters. The molecule has 0 aliphatic rings. The van der Waals surface area contributed by atoms with Crippen molar-refractivity contribution in [2.75, 3.05) is 33.0 Å². The number of amides is 2. The summed E-state index contributed by atoms with van der Waals surface area (Å²) in [6.45, 7) is 8.48. The fourth-order valence-corrected chi connectivity index (χ4v) is 2.93. The number of nitrogens with one attached hydrogen (secondary N) is 2. The van der Waals surface area contributed by atoms with Crippen molar-refractivity contribution in [2.45, 2.75) is 59.9 Å². The minimum absolute atomic E-state index is 0.00772. The predicted molar refractivity (Wildman–Crippen MR) is 114 cm³/mol. The van der Waals surface area contributed by atoms with Crippen LogP contribution in [-0.2, 0) is 33.4 Å². The van der Waals surface area contributed by atoms with Gasteiger partial charge in [0, 0.05) is 18.4 Å². The first-order chi connectivity index (χ1) is 14.7. The Morgan fingerprint density at radius 2 is 1.50 bits per heavy atom. The van der Waals surface area contributed by atoms with E-state index in [1.807, 2.05) is 0 Å². The van der Waals surface area contributed by atoms with Crippen LogP contribution in [0.3, 0.4) is 0 Å². The summed E-state index contributed by atoms with van der Waals surface area (Å²) in [5.41, 5.74) is -2.29. The molecule has 0 saturated heterocycles. The van der Waals surface area contributed by atoms with Gasteiger partial charge in [-0.15, -0.1) is 0 Å². The standard InChI is InChI=1S/C21H36N2O9/c1-14(24)12-32-11-10-31-9-8-22-16(25)7-6-15(17(26)27)23-18(28)20(2,3)13-21(4,5)19(29)30/h15H,6-13H2,1-5H3,(H,22,25)(H,23,28)(H,26,27)(H,29,30). The van der Waals surface area contributed by atoms with Crippen LogP contribution in [0.25, 0.3) is 0 Å². The van der Waals surface area contributed by atoms with E-state index in [9.17, 15) is 34.2 Å². The molecule has 0 aliphatic heterocycles.